The Labute approximate surface area is 107 Å². The molecule has 1 aromatic rings. The van der Waals surface area contributed by atoms with Crippen molar-refractivity contribution in [2.75, 3.05) is 5.32 Å². The summed E-state index contributed by atoms with van der Waals surface area (Å²) in [5.74, 6) is -0.936. The van der Waals surface area contributed by atoms with Crippen molar-refractivity contribution in [3.8, 4) is 0 Å². The van der Waals surface area contributed by atoms with Gasteiger partial charge in [-0.3, -0.25) is 9.59 Å². The minimum Gasteiger partial charge on any atom is -0.345 e. The standard InChI is InChI=1S/C13H19N3O2/c1-4-9(3)15-12(17)13(18)16-11-7-6-10(5-2)8-14-11/h6-9H,4-5H2,1-3H3,(H,15,17)(H,14,16,18)/t9-/m0/s1. The lowest BCUT2D eigenvalue weighted by molar-refractivity contribution is -0.136. The molecule has 18 heavy (non-hydrogen) atoms. The highest BCUT2D eigenvalue weighted by Gasteiger charge is 2.15. The molecule has 1 atom stereocenters. The fourth-order valence-electron chi connectivity index (χ4n) is 1.27. The SMILES string of the molecule is CCc1ccc(NC(=O)C(=O)N[C@@H](C)CC)nc1. The van der Waals surface area contributed by atoms with Crippen LogP contribution in [0.25, 0.3) is 0 Å². The maximum Gasteiger partial charge on any atom is 0.314 e. The van der Waals surface area contributed by atoms with Crippen molar-refractivity contribution >= 4 is 17.6 Å². The van der Waals surface area contributed by atoms with Crippen LogP contribution in [0.4, 0.5) is 5.82 Å². The summed E-state index contributed by atoms with van der Waals surface area (Å²) in [6.45, 7) is 5.81. The first-order valence-corrected chi connectivity index (χ1v) is 6.13. The van der Waals surface area contributed by atoms with E-state index in [1.165, 1.54) is 0 Å². The highest BCUT2D eigenvalue weighted by molar-refractivity contribution is 6.39. The van der Waals surface area contributed by atoms with E-state index in [0.717, 1.165) is 18.4 Å². The van der Waals surface area contributed by atoms with Crippen LogP contribution in [0.15, 0.2) is 18.3 Å². The van der Waals surface area contributed by atoms with Gasteiger partial charge in [-0.2, -0.15) is 0 Å². The molecule has 0 unspecified atom stereocenters. The number of nitrogens with zero attached hydrogens (tertiary/aromatic N) is 1. The second kappa shape index (κ2) is 6.74. The molecular weight excluding hydrogens is 230 g/mol. The molecule has 0 aliphatic rings. The zero-order valence-electron chi connectivity index (χ0n) is 11.0. The largest absolute Gasteiger partial charge is 0.345 e. The van der Waals surface area contributed by atoms with E-state index in [-0.39, 0.29) is 6.04 Å². The van der Waals surface area contributed by atoms with Gasteiger partial charge in [-0.25, -0.2) is 4.98 Å². The quantitative estimate of drug-likeness (QED) is 0.794. The number of pyridine rings is 1. The lowest BCUT2D eigenvalue weighted by Crippen LogP contribution is -2.40. The summed E-state index contributed by atoms with van der Waals surface area (Å²) in [6, 6.07) is 3.54. The molecule has 0 saturated carbocycles. The molecule has 0 radical (unpaired) electrons. The fraction of sp³-hybridized carbons (Fsp3) is 0.462. The van der Waals surface area contributed by atoms with Crippen LogP contribution in [0.2, 0.25) is 0 Å². The van der Waals surface area contributed by atoms with Crippen molar-refractivity contribution in [2.24, 2.45) is 0 Å². The Hall–Kier alpha value is -1.91. The molecule has 0 bridgehead atoms. The summed E-state index contributed by atoms with van der Waals surface area (Å²) in [7, 11) is 0. The van der Waals surface area contributed by atoms with Crippen molar-refractivity contribution in [1.29, 1.82) is 0 Å². The molecule has 0 spiro atoms. The predicted octanol–water partition coefficient (Wildman–Crippen LogP) is 1.50. The van der Waals surface area contributed by atoms with Crippen LogP contribution in [0.3, 0.4) is 0 Å². The zero-order chi connectivity index (χ0) is 13.5. The van der Waals surface area contributed by atoms with Crippen LogP contribution >= 0.6 is 0 Å². The van der Waals surface area contributed by atoms with Crippen LogP contribution in [0.1, 0.15) is 32.8 Å². The topological polar surface area (TPSA) is 71.1 Å². The van der Waals surface area contributed by atoms with E-state index in [2.05, 4.69) is 15.6 Å². The lowest BCUT2D eigenvalue weighted by atomic mass is 10.2. The van der Waals surface area contributed by atoms with Gasteiger partial charge in [0.05, 0.1) is 0 Å². The number of aryl methyl sites for hydroxylation is 1. The van der Waals surface area contributed by atoms with Gasteiger partial charge >= 0.3 is 11.8 Å². The minimum absolute atomic E-state index is 0.0151. The molecule has 0 aromatic carbocycles. The van der Waals surface area contributed by atoms with Gasteiger partial charge in [0.15, 0.2) is 0 Å². The highest BCUT2D eigenvalue weighted by atomic mass is 16.2. The van der Waals surface area contributed by atoms with Crippen LogP contribution < -0.4 is 10.6 Å². The van der Waals surface area contributed by atoms with E-state index < -0.39 is 11.8 Å². The van der Waals surface area contributed by atoms with Crippen molar-refractivity contribution in [3.63, 3.8) is 0 Å². The first kappa shape index (κ1) is 14.2. The van der Waals surface area contributed by atoms with Gasteiger partial charge in [-0.1, -0.05) is 19.9 Å². The van der Waals surface area contributed by atoms with E-state index in [9.17, 15) is 9.59 Å². The second-order valence-corrected chi connectivity index (χ2v) is 4.14. The number of hydrogen-bond acceptors (Lipinski definition) is 3. The summed E-state index contributed by atoms with van der Waals surface area (Å²) in [5, 5.41) is 5.05. The first-order valence-electron chi connectivity index (χ1n) is 6.13. The Balaban J connectivity index is 2.55. The monoisotopic (exact) mass is 249 g/mol. The van der Waals surface area contributed by atoms with E-state index in [4.69, 9.17) is 0 Å². The average molecular weight is 249 g/mol. The Bertz CT molecular complexity index is 415. The molecule has 0 saturated heterocycles. The van der Waals surface area contributed by atoms with Gasteiger partial charge in [0.25, 0.3) is 0 Å². The van der Waals surface area contributed by atoms with Crippen molar-refractivity contribution in [2.45, 2.75) is 39.7 Å². The summed E-state index contributed by atoms with van der Waals surface area (Å²) in [5.41, 5.74) is 1.08. The van der Waals surface area contributed by atoms with Gasteiger partial charge in [0.1, 0.15) is 5.82 Å². The van der Waals surface area contributed by atoms with Crippen LogP contribution in [0, 0.1) is 0 Å². The lowest BCUT2D eigenvalue weighted by Gasteiger charge is -2.10. The fourth-order valence-corrected chi connectivity index (χ4v) is 1.27. The predicted molar refractivity (Wildman–Crippen MR) is 70.1 cm³/mol. The van der Waals surface area contributed by atoms with E-state index in [0.29, 0.717) is 5.82 Å². The summed E-state index contributed by atoms with van der Waals surface area (Å²) < 4.78 is 0. The normalized spacial score (nSPS) is 11.7. The molecule has 2 amide bonds. The number of rotatable bonds is 4. The maximum absolute atomic E-state index is 11.6. The Morgan fingerprint density at radius 3 is 2.50 bits per heavy atom. The number of aromatic nitrogens is 1. The third-order valence-corrected chi connectivity index (χ3v) is 2.67. The molecule has 98 valence electrons. The molecule has 1 rings (SSSR count). The van der Waals surface area contributed by atoms with Crippen LogP contribution in [0.5, 0.6) is 0 Å². The van der Waals surface area contributed by atoms with Gasteiger partial charge in [-0.15, -0.1) is 0 Å². The molecule has 5 nitrogen and oxygen atoms in total. The Morgan fingerprint density at radius 1 is 1.28 bits per heavy atom. The average Bonchev–Trinajstić information content (AvgIpc) is 2.39. The number of hydrogen-bond donors (Lipinski definition) is 2. The molecule has 0 aliphatic heterocycles. The summed E-state index contributed by atoms with van der Waals surface area (Å²) in [4.78, 5) is 27.1. The van der Waals surface area contributed by atoms with Crippen molar-refractivity contribution < 1.29 is 9.59 Å². The number of carbonyl (C=O) groups excluding carboxylic acids is 2. The van der Waals surface area contributed by atoms with Crippen LogP contribution in [-0.4, -0.2) is 22.8 Å². The molecule has 0 fully saturated rings. The molecule has 5 heteroatoms. The molecule has 2 N–H and O–H groups in total. The van der Waals surface area contributed by atoms with Gasteiger partial charge in [0, 0.05) is 12.2 Å². The smallest absolute Gasteiger partial charge is 0.314 e. The maximum atomic E-state index is 11.6. The van der Waals surface area contributed by atoms with E-state index in [1.807, 2.05) is 26.8 Å². The minimum atomic E-state index is -0.688. The third-order valence-electron chi connectivity index (χ3n) is 2.67. The Kier molecular flexibility index (Phi) is 5.30. The number of amides is 2. The van der Waals surface area contributed by atoms with Gasteiger partial charge < -0.3 is 10.6 Å². The molecular formula is C13H19N3O2. The highest BCUT2D eigenvalue weighted by Crippen LogP contribution is 2.05. The van der Waals surface area contributed by atoms with E-state index in [1.54, 1.807) is 12.3 Å². The molecule has 0 aliphatic carbocycles. The van der Waals surface area contributed by atoms with Gasteiger partial charge in [-0.05, 0) is 31.4 Å². The zero-order valence-corrected chi connectivity index (χ0v) is 11.0. The summed E-state index contributed by atoms with van der Waals surface area (Å²) >= 11 is 0. The molecule has 1 aromatic heterocycles. The van der Waals surface area contributed by atoms with Crippen molar-refractivity contribution in [1.82, 2.24) is 10.3 Å². The van der Waals surface area contributed by atoms with Crippen molar-refractivity contribution in [3.05, 3.63) is 23.9 Å². The second-order valence-electron chi connectivity index (χ2n) is 4.14. The Morgan fingerprint density at radius 2 is 2.00 bits per heavy atom. The third kappa shape index (κ3) is 4.16. The molecule has 1 heterocycles. The summed E-state index contributed by atoms with van der Waals surface area (Å²) in [6.07, 6.45) is 3.35. The van der Waals surface area contributed by atoms with Crippen LogP contribution in [-0.2, 0) is 16.0 Å². The van der Waals surface area contributed by atoms with Gasteiger partial charge in [0.2, 0.25) is 0 Å². The number of anilines is 1. The number of carbonyl (C=O) groups is 2. The van der Waals surface area contributed by atoms with E-state index >= 15 is 0 Å². The first-order chi connectivity index (χ1) is 8.56. The number of nitrogens with one attached hydrogen (secondary N) is 2.